The van der Waals surface area contributed by atoms with E-state index in [9.17, 15) is 0 Å². The van der Waals surface area contributed by atoms with Crippen LogP contribution < -0.4 is 0 Å². The first-order chi connectivity index (χ1) is 6.67. The number of hydrogen-bond donors (Lipinski definition) is 0. The lowest BCUT2D eigenvalue weighted by molar-refractivity contribution is 0.569. The third-order valence-corrected chi connectivity index (χ3v) is 3.07. The molecule has 3 heteroatoms. The van der Waals surface area contributed by atoms with Crippen molar-refractivity contribution in [2.45, 2.75) is 33.1 Å². The van der Waals surface area contributed by atoms with Crippen molar-refractivity contribution in [2.75, 3.05) is 5.88 Å². The van der Waals surface area contributed by atoms with Gasteiger partial charge in [0.1, 0.15) is 0 Å². The van der Waals surface area contributed by atoms with Crippen LogP contribution in [0.2, 0.25) is 0 Å². The predicted octanol–water partition coefficient (Wildman–Crippen LogP) is 2.79. The summed E-state index contributed by atoms with van der Waals surface area (Å²) in [5, 5.41) is 4.42. The fourth-order valence-corrected chi connectivity index (χ4v) is 1.60. The molecule has 0 saturated heterocycles. The van der Waals surface area contributed by atoms with Crippen molar-refractivity contribution in [2.24, 2.45) is 13.0 Å². The van der Waals surface area contributed by atoms with Crippen LogP contribution >= 0.6 is 11.6 Å². The lowest BCUT2D eigenvalue weighted by Gasteiger charge is -2.06. The SMILES string of the molecule is CCc1cc(CCC(C)CCl)n(C)n1. The molecule has 0 radical (unpaired) electrons. The van der Waals surface area contributed by atoms with Gasteiger partial charge in [0, 0.05) is 18.6 Å². The predicted molar refractivity (Wildman–Crippen MR) is 60.8 cm³/mol. The molecule has 0 N–H and O–H groups in total. The van der Waals surface area contributed by atoms with Gasteiger partial charge in [-0.1, -0.05) is 13.8 Å². The fraction of sp³-hybridized carbons (Fsp3) is 0.727. The first kappa shape index (κ1) is 11.6. The summed E-state index contributed by atoms with van der Waals surface area (Å²) < 4.78 is 1.99. The van der Waals surface area contributed by atoms with E-state index in [1.165, 1.54) is 11.4 Å². The molecule has 1 unspecified atom stereocenters. The zero-order valence-electron chi connectivity index (χ0n) is 9.26. The van der Waals surface area contributed by atoms with E-state index in [4.69, 9.17) is 11.6 Å². The smallest absolute Gasteiger partial charge is 0.0624 e. The van der Waals surface area contributed by atoms with Crippen molar-refractivity contribution in [1.82, 2.24) is 9.78 Å². The van der Waals surface area contributed by atoms with Gasteiger partial charge in [-0.05, 0) is 31.2 Å². The van der Waals surface area contributed by atoms with Crippen LogP contribution in [0.5, 0.6) is 0 Å². The molecule has 0 bridgehead atoms. The highest BCUT2D eigenvalue weighted by Crippen LogP contribution is 2.11. The van der Waals surface area contributed by atoms with Crippen LogP contribution in [0.15, 0.2) is 6.07 Å². The summed E-state index contributed by atoms with van der Waals surface area (Å²) >= 11 is 5.77. The maximum atomic E-state index is 5.77. The van der Waals surface area contributed by atoms with E-state index in [0.717, 1.165) is 25.1 Å². The zero-order valence-corrected chi connectivity index (χ0v) is 10.0. The second-order valence-electron chi connectivity index (χ2n) is 3.90. The molecule has 0 fully saturated rings. The molecular weight excluding hydrogens is 196 g/mol. The third kappa shape index (κ3) is 3.02. The normalized spacial score (nSPS) is 13.1. The number of hydrogen-bond acceptors (Lipinski definition) is 1. The van der Waals surface area contributed by atoms with Crippen LogP contribution in [-0.4, -0.2) is 15.7 Å². The Kier molecular flexibility index (Phi) is 4.46. The number of halogens is 1. The van der Waals surface area contributed by atoms with E-state index in [1.807, 2.05) is 11.7 Å². The average Bonchev–Trinajstić information content (AvgIpc) is 2.55. The Balaban J connectivity index is 2.53. The molecule has 2 nitrogen and oxygen atoms in total. The van der Waals surface area contributed by atoms with Crippen LogP contribution in [0.1, 0.15) is 31.7 Å². The fourth-order valence-electron chi connectivity index (χ4n) is 1.45. The maximum absolute atomic E-state index is 5.77. The molecule has 0 amide bonds. The van der Waals surface area contributed by atoms with Gasteiger partial charge >= 0.3 is 0 Å². The van der Waals surface area contributed by atoms with Crippen LogP contribution in [0.3, 0.4) is 0 Å². The van der Waals surface area contributed by atoms with E-state index < -0.39 is 0 Å². The molecule has 0 aliphatic carbocycles. The van der Waals surface area contributed by atoms with Gasteiger partial charge in [0.05, 0.1) is 5.69 Å². The minimum absolute atomic E-state index is 0.594. The summed E-state index contributed by atoms with van der Waals surface area (Å²) in [5.41, 5.74) is 2.50. The Morgan fingerprint density at radius 1 is 1.57 bits per heavy atom. The van der Waals surface area contributed by atoms with Gasteiger partial charge in [0.15, 0.2) is 0 Å². The minimum atomic E-state index is 0.594. The highest BCUT2D eigenvalue weighted by Gasteiger charge is 2.06. The largest absolute Gasteiger partial charge is 0.272 e. The Labute approximate surface area is 91.3 Å². The molecule has 0 aliphatic heterocycles. The van der Waals surface area contributed by atoms with Crippen molar-refractivity contribution in [3.63, 3.8) is 0 Å². The monoisotopic (exact) mass is 214 g/mol. The second kappa shape index (κ2) is 5.40. The standard InChI is InChI=1S/C11H19ClN2/c1-4-10-7-11(14(3)13-10)6-5-9(2)8-12/h7,9H,4-6,8H2,1-3H3. The minimum Gasteiger partial charge on any atom is -0.272 e. The van der Waals surface area contributed by atoms with Gasteiger partial charge in [0.25, 0.3) is 0 Å². The first-order valence-electron chi connectivity index (χ1n) is 5.25. The topological polar surface area (TPSA) is 17.8 Å². The maximum Gasteiger partial charge on any atom is 0.0624 e. The van der Waals surface area contributed by atoms with Crippen LogP contribution in [-0.2, 0) is 19.9 Å². The summed E-state index contributed by atoms with van der Waals surface area (Å²) in [5.74, 6) is 1.34. The average molecular weight is 215 g/mol. The van der Waals surface area contributed by atoms with Crippen LogP contribution in [0.4, 0.5) is 0 Å². The van der Waals surface area contributed by atoms with E-state index in [1.54, 1.807) is 0 Å². The number of alkyl halides is 1. The summed E-state index contributed by atoms with van der Waals surface area (Å²) in [6.07, 6.45) is 3.24. The van der Waals surface area contributed by atoms with E-state index >= 15 is 0 Å². The molecule has 1 aromatic rings. The van der Waals surface area contributed by atoms with Crippen LogP contribution in [0, 0.1) is 5.92 Å². The van der Waals surface area contributed by atoms with E-state index in [2.05, 4.69) is 25.0 Å². The Bertz CT molecular complexity index is 281. The van der Waals surface area contributed by atoms with Crippen molar-refractivity contribution >= 4 is 11.6 Å². The van der Waals surface area contributed by atoms with Gasteiger partial charge in [-0.3, -0.25) is 4.68 Å². The molecule has 0 aromatic carbocycles. The second-order valence-corrected chi connectivity index (χ2v) is 4.21. The van der Waals surface area contributed by atoms with Crippen LogP contribution in [0.25, 0.3) is 0 Å². The number of aryl methyl sites for hydroxylation is 3. The quantitative estimate of drug-likeness (QED) is 0.690. The van der Waals surface area contributed by atoms with Gasteiger partial charge in [-0.25, -0.2) is 0 Å². The Morgan fingerprint density at radius 2 is 2.29 bits per heavy atom. The summed E-state index contributed by atoms with van der Waals surface area (Å²) in [6, 6.07) is 2.20. The number of nitrogens with zero attached hydrogens (tertiary/aromatic N) is 2. The van der Waals surface area contributed by atoms with Gasteiger partial charge in [-0.2, -0.15) is 5.10 Å². The van der Waals surface area contributed by atoms with E-state index in [-0.39, 0.29) is 0 Å². The summed E-state index contributed by atoms with van der Waals surface area (Å²) in [6.45, 7) is 4.32. The molecule has 0 spiro atoms. The lowest BCUT2D eigenvalue weighted by atomic mass is 10.1. The molecule has 14 heavy (non-hydrogen) atoms. The van der Waals surface area contributed by atoms with Crippen molar-refractivity contribution in [1.29, 1.82) is 0 Å². The molecule has 1 heterocycles. The molecule has 1 rings (SSSR count). The molecular formula is C11H19ClN2. The van der Waals surface area contributed by atoms with Crippen molar-refractivity contribution in [3.8, 4) is 0 Å². The molecule has 1 atom stereocenters. The molecule has 80 valence electrons. The third-order valence-electron chi connectivity index (χ3n) is 2.55. The summed E-state index contributed by atoms with van der Waals surface area (Å²) in [4.78, 5) is 0. The van der Waals surface area contributed by atoms with Crippen molar-refractivity contribution < 1.29 is 0 Å². The zero-order chi connectivity index (χ0) is 10.6. The van der Waals surface area contributed by atoms with Gasteiger partial charge in [-0.15, -0.1) is 11.6 Å². The lowest BCUT2D eigenvalue weighted by Crippen LogP contribution is -2.03. The van der Waals surface area contributed by atoms with E-state index in [0.29, 0.717) is 5.92 Å². The number of rotatable bonds is 5. The van der Waals surface area contributed by atoms with Gasteiger partial charge < -0.3 is 0 Å². The summed E-state index contributed by atoms with van der Waals surface area (Å²) in [7, 11) is 2.01. The molecule has 0 aliphatic rings. The van der Waals surface area contributed by atoms with Gasteiger partial charge in [0.2, 0.25) is 0 Å². The highest BCUT2D eigenvalue weighted by molar-refractivity contribution is 6.18. The highest BCUT2D eigenvalue weighted by atomic mass is 35.5. The molecule has 0 saturated carbocycles. The first-order valence-corrected chi connectivity index (χ1v) is 5.78. The Hall–Kier alpha value is -0.500. The van der Waals surface area contributed by atoms with Crippen molar-refractivity contribution in [3.05, 3.63) is 17.5 Å². The molecule has 1 aromatic heterocycles. The number of aromatic nitrogens is 2. The Morgan fingerprint density at radius 3 is 2.79 bits per heavy atom.